The summed E-state index contributed by atoms with van der Waals surface area (Å²) in [7, 11) is 1.57. The Morgan fingerprint density at radius 2 is 2.05 bits per heavy atom. The molecule has 2 aromatic carbocycles. The van der Waals surface area contributed by atoms with Gasteiger partial charge in [0.25, 0.3) is 5.91 Å². The summed E-state index contributed by atoms with van der Waals surface area (Å²) in [6.07, 6.45) is 0. The number of nitrogens with two attached hydrogens (primary N) is 1. The number of anilines is 2. The van der Waals surface area contributed by atoms with Crippen LogP contribution in [0.2, 0.25) is 5.02 Å². The van der Waals surface area contributed by atoms with Crippen LogP contribution < -0.4 is 15.8 Å². The molecule has 0 aliphatic carbocycles. The van der Waals surface area contributed by atoms with Crippen molar-refractivity contribution in [3.63, 3.8) is 0 Å². The summed E-state index contributed by atoms with van der Waals surface area (Å²) in [4.78, 5) is 12.1. The largest absolute Gasteiger partial charge is 0.497 e. The summed E-state index contributed by atoms with van der Waals surface area (Å²) in [5.74, 6) is 0.374. The zero-order chi connectivity index (χ0) is 13.8. The molecule has 0 atom stereocenters. The Kier molecular flexibility index (Phi) is 3.92. The molecule has 0 bridgehead atoms. The van der Waals surface area contributed by atoms with Gasteiger partial charge in [-0.1, -0.05) is 17.7 Å². The van der Waals surface area contributed by atoms with E-state index in [-0.39, 0.29) is 5.91 Å². The lowest BCUT2D eigenvalue weighted by molar-refractivity contribution is 0.102. The molecule has 0 aliphatic rings. The van der Waals surface area contributed by atoms with E-state index in [1.165, 1.54) is 0 Å². The molecule has 3 N–H and O–H groups in total. The maximum atomic E-state index is 12.1. The van der Waals surface area contributed by atoms with Gasteiger partial charge in [-0.15, -0.1) is 0 Å². The van der Waals surface area contributed by atoms with Crippen molar-refractivity contribution in [2.24, 2.45) is 0 Å². The molecule has 0 heterocycles. The second-order valence-electron chi connectivity index (χ2n) is 3.93. The van der Waals surface area contributed by atoms with Gasteiger partial charge >= 0.3 is 0 Å². The van der Waals surface area contributed by atoms with Crippen LogP contribution in [0.5, 0.6) is 5.75 Å². The topological polar surface area (TPSA) is 64.3 Å². The zero-order valence-electron chi connectivity index (χ0n) is 10.3. The maximum Gasteiger partial charge on any atom is 0.257 e. The van der Waals surface area contributed by atoms with Crippen molar-refractivity contribution in [2.75, 3.05) is 18.2 Å². The van der Waals surface area contributed by atoms with E-state index in [9.17, 15) is 4.79 Å². The number of carbonyl (C=O) groups excluding carboxylic acids is 1. The first-order chi connectivity index (χ1) is 9.10. The Bertz CT molecular complexity index is 614. The van der Waals surface area contributed by atoms with Crippen molar-refractivity contribution in [2.45, 2.75) is 0 Å². The predicted octanol–water partition coefficient (Wildman–Crippen LogP) is 3.18. The molecule has 0 aromatic heterocycles. The Balaban J connectivity index is 2.20. The summed E-state index contributed by atoms with van der Waals surface area (Å²) in [6, 6.07) is 11.8. The van der Waals surface area contributed by atoms with Gasteiger partial charge < -0.3 is 15.8 Å². The number of hydrogen-bond donors (Lipinski definition) is 2. The minimum Gasteiger partial charge on any atom is -0.497 e. The highest BCUT2D eigenvalue weighted by atomic mass is 35.5. The fourth-order valence-corrected chi connectivity index (χ4v) is 1.89. The van der Waals surface area contributed by atoms with Crippen LogP contribution in [0.25, 0.3) is 0 Å². The van der Waals surface area contributed by atoms with Crippen LogP contribution in [-0.4, -0.2) is 13.0 Å². The van der Waals surface area contributed by atoms with Gasteiger partial charge in [0, 0.05) is 17.4 Å². The molecule has 4 nitrogen and oxygen atoms in total. The molecule has 0 saturated carbocycles. The molecule has 0 spiro atoms. The van der Waals surface area contributed by atoms with E-state index in [1.54, 1.807) is 49.6 Å². The van der Waals surface area contributed by atoms with Gasteiger partial charge in [-0.25, -0.2) is 0 Å². The number of methoxy groups -OCH3 is 1. The van der Waals surface area contributed by atoms with Gasteiger partial charge in [0.2, 0.25) is 0 Å². The highest BCUT2D eigenvalue weighted by Crippen LogP contribution is 2.22. The Labute approximate surface area is 116 Å². The lowest BCUT2D eigenvalue weighted by Gasteiger charge is -2.08. The second kappa shape index (κ2) is 5.63. The standard InChI is InChI=1S/C14H13ClN2O2/c1-19-11-4-2-3-10(8-11)17-14(18)12-6-5-9(16)7-13(12)15/h2-8H,16H2,1H3,(H,17,18). The highest BCUT2D eigenvalue weighted by Gasteiger charge is 2.10. The molecule has 2 aromatic rings. The normalized spacial score (nSPS) is 10.0. The first kappa shape index (κ1) is 13.2. The summed E-state index contributed by atoms with van der Waals surface area (Å²) in [5.41, 5.74) is 7.11. The van der Waals surface area contributed by atoms with E-state index in [1.807, 2.05) is 0 Å². The van der Waals surface area contributed by atoms with Gasteiger partial charge in [-0.3, -0.25) is 4.79 Å². The SMILES string of the molecule is COc1cccc(NC(=O)c2ccc(N)cc2Cl)c1. The van der Waals surface area contributed by atoms with Crippen LogP contribution in [-0.2, 0) is 0 Å². The Morgan fingerprint density at radius 1 is 1.26 bits per heavy atom. The molecule has 0 radical (unpaired) electrons. The zero-order valence-corrected chi connectivity index (χ0v) is 11.1. The molecular formula is C14H13ClN2O2. The number of nitrogen functional groups attached to an aromatic ring is 1. The van der Waals surface area contributed by atoms with Crippen LogP contribution in [0.1, 0.15) is 10.4 Å². The quantitative estimate of drug-likeness (QED) is 0.846. The number of hydrogen-bond acceptors (Lipinski definition) is 3. The van der Waals surface area contributed by atoms with E-state index in [4.69, 9.17) is 22.1 Å². The van der Waals surface area contributed by atoms with Gasteiger partial charge in [0.1, 0.15) is 5.75 Å². The third kappa shape index (κ3) is 3.17. The van der Waals surface area contributed by atoms with Gasteiger partial charge in [0.05, 0.1) is 17.7 Å². The van der Waals surface area contributed by atoms with E-state index in [0.29, 0.717) is 27.7 Å². The molecule has 98 valence electrons. The van der Waals surface area contributed by atoms with E-state index < -0.39 is 0 Å². The average molecular weight is 277 g/mol. The van der Waals surface area contributed by atoms with Crippen molar-refractivity contribution in [1.82, 2.24) is 0 Å². The lowest BCUT2D eigenvalue weighted by atomic mass is 10.2. The molecule has 0 fully saturated rings. The molecule has 5 heteroatoms. The van der Waals surface area contributed by atoms with Crippen LogP contribution >= 0.6 is 11.6 Å². The number of ether oxygens (including phenoxy) is 1. The van der Waals surface area contributed by atoms with Gasteiger partial charge in [-0.05, 0) is 30.3 Å². The third-order valence-electron chi connectivity index (χ3n) is 2.57. The number of carbonyl (C=O) groups is 1. The monoisotopic (exact) mass is 276 g/mol. The van der Waals surface area contributed by atoms with Crippen molar-refractivity contribution in [3.8, 4) is 5.75 Å². The molecular weight excluding hydrogens is 264 g/mol. The minimum absolute atomic E-state index is 0.293. The molecule has 0 aliphatic heterocycles. The van der Waals surface area contributed by atoms with Crippen LogP contribution in [0.4, 0.5) is 11.4 Å². The number of halogens is 1. The fraction of sp³-hybridized carbons (Fsp3) is 0.0714. The number of amides is 1. The first-order valence-electron chi connectivity index (χ1n) is 5.60. The number of benzene rings is 2. The first-order valence-corrected chi connectivity index (χ1v) is 5.98. The van der Waals surface area contributed by atoms with E-state index >= 15 is 0 Å². The second-order valence-corrected chi connectivity index (χ2v) is 4.33. The minimum atomic E-state index is -0.293. The number of rotatable bonds is 3. The van der Waals surface area contributed by atoms with Crippen molar-refractivity contribution in [1.29, 1.82) is 0 Å². The third-order valence-corrected chi connectivity index (χ3v) is 2.88. The molecule has 1 amide bonds. The van der Waals surface area contributed by atoms with Crippen LogP contribution in [0.15, 0.2) is 42.5 Å². The number of nitrogens with one attached hydrogen (secondary N) is 1. The fourth-order valence-electron chi connectivity index (χ4n) is 1.61. The molecule has 19 heavy (non-hydrogen) atoms. The molecule has 0 unspecified atom stereocenters. The van der Waals surface area contributed by atoms with Gasteiger partial charge in [-0.2, -0.15) is 0 Å². The maximum absolute atomic E-state index is 12.1. The summed E-state index contributed by atoms with van der Waals surface area (Å²) < 4.78 is 5.09. The van der Waals surface area contributed by atoms with Crippen molar-refractivity contribution < 1.29 is 9.53 Å². The van der Waals surface area contributed by atoms with E-state index in [2.05, 4.69) is 5.32 Å². The Morgan fingerprint density at radius 3 is 2.74 bits per heavy atom. The van der Waals surface area contributed by atoms with E-state index in [0.717, 1.165) is 0 Å². The lowest BCUT2D eigenvalue weighted by Crippen LogP contribution is -2.12. The van der Waals surface area contributed by atoms with Crippen LogP contribution in [0.3, 0.4) is 0 Å². The van der Waals surface area contributed by atoms with Crippen molar-refractivity contribution >= 4 is 28.9 Å². The predicted molar refractivity (Wildman–Crippen MR) is 76.8 cm³/mol. The smallest absolute Gasteiger partial charge is 0.257 e. The highest BCUT2D eigenvalue weighted by molar-refractivity contribution is 6.34. The Hall–Kier alpha value is -2.20. The summed E-state index contributed by atoms with van der Waals surface area (Å²) in [6.45, 7) is 0. The van der Waals surface area contributed by atoms with Crippen LogP contribution in [0, 0.1) is 0 Å². The summed E-state index contributed by atoms with van der Waals surface area (Å²) >= 11 is 5.98. The molecule has 0 saturated heterocycles. The summed E-state index contributed by atoms with van der Waals surface area (Å²) in [5, 5.41) is 3.07. The molecule has 2 rings (SSSR count). The van der Waals surface area contributed by atoms with Gasteiger partial charge in [0.15, 0.2) is 0 Å². The average Bonchev–Trinajstić information content (AvgIpc) is 2.38. The van der Waals surface area contributed by atoms with Crippen molar-refractivity contribution in [3.05, 3.63) is 53.1 Å².